The largest absolute Gasteiger partial charge is 0.450 e. The zero-order valence-corrected chi connectivity index (χ0v) is 8.86. The normalized spacial score (nSPS) is 15.7. The van der Waals surface area contributed by atoms with E-state index >= 15 is 0 Å². The van der Waals surface area contributed by atoms with Crippen LogP contribution in [0.25, 0.3) is 0 Å². The smallest absolute Gasteiger partial charge is 0.410 e. The molecule has 0 aromatic carbocycles. The lowest BCUT2D eigenvalue weighted by atomic mass is 10.4. The lowest BCUT2D eigenvalue weighted by Crippen LogP contribution is -2.41. The quantitative estimate of drug-likeness (QED) is 0.628. The number of hydrogen-bond donors (Lipinski definition) is 0. The summed E-state index contributed by atoms with van der Waals surface area (Å²) >= 11 is 0. The third-order valence-electron chi connectivity index (χ3n) is 2.09. The molecule has 0 aromatic rings. The molecule has 6 heteroatoms. The van der Waals surface area contributed by atoms with Gasteiger partial charge in [0.1, 0.15) is 6.67 Å². The molecule has 0 unspecified atom stereocenters. The summed E-state index contributed by atoms with van der Waals surface area (Å²) in [7, 11) is 1.48. The molecule has 0 radical (unpaired) electrons. The Balaban J connectivity index is 2.50. The van der Waals surface area contributed by atoms with Gasteiger partial charge in [0, 0.05) is 19.9 Å². The van der Waals surface area contributed by atoms with Gasteiger partial charge in [-0.3, -0.25) is 19.4 Å². The van der Waals surface area contributed by atoms with E-state index in [-0.39, 0.29) is 37.9 Å². The van der Waals surface area contributed by atoms with E-state index in [1.165, 1.54) is 11.9 Å². The predicted molar refractivity (Wildman–Crippen MR) is 50.7 cm³/mol. The van der Waals surface area contributed by atoms with E-state index in [0.717, 1.165) is 4.90 Å². The SMILES string of the molecule is CCOC(=O)N(C)CN1C(=O)CCC1=O. The van der Waals surface area contributed by atoms with Gasteiger partial charge in [0.05, 0.1) is 6.61 Å². The number of ether oxygens (including phenoxy) is 1. The van der Waals surface area contributed by atoms with Crippen molar-refractivity contribution in [2.75, 3.05) is 20.3 Å². The second-order valence-corrected chi connectivity index (χ2v) is 3.25. The molecule has 0 N–H and O–H groups in total. The van der Waals surface area contributed by atoms with Gasteiger partial charge in [0.25, 0.3) is 0 Å². The Hall–Kier alpha value is -1.59. The van der Waals surface area contributed by atoms with Crippen molar-refractivity contribution < 1.29 is 19.1 Å². The molecule has 1 aliphatic rings. The molecule has 1 rings (SSSR count). The minimum absolute atomic E-state index is 0.0312. The second kappa shape index (κ2) is 4.77. The number of likely N-dealkylation sites (tertiary alicyclic amines) is 1. The maximum Gasteiger partial charge on any atom is 0.410 e. The monoisotopic (exact) mass is 214 g/mol. The minimum Gasteiger partial charge on any atom is -0.450 e. The van der Waals surface area contributed by atoms with Crippen molar-refractivity contribution >= 4 is 17.9 Å². The molecule has 6 nitrogen and oxygen atoms in total. The number of rotatable bonds is 3. The van der Waals surface area contributed by atoms with Gasteiger partial charge < -0.3 is 4.74 Å². The van der Waals surface area contributed by atoms with Crippen LogP contribution in [0.5, 0.6) is 0 Å². The standard InChI is InChI=1S/C9H14N2O4/c1-3-15-9(14)10(2)6-11-7(12)4-5-8(11)13/h3-6H2,1-2H3. The molecule has 0 saturated carbocycles. The molecule has 1 saturated heterocycles. The highest BCUT2D eigenvalue weighted by atomic mass is 16.6. The lowest BCUT2D eigenvalue weighted by Gasteiger charge is -2.22. The molecular formula is C9H14N2O4. The van der Waals surface area contributed by atoms with E-state index in [1.807, 2.05) is 0 Å². The Kier molecular flexibility index (Phi) is 3.65. The fraction of sp³-hybridized carbons (Fsp3) is 0.667. The Morgan fingerprint density at radius 2 is 1.93 bits per heavy atom. The Labute approximate surface area is 87.8 Å². The molecule has 0 bridgehead atoms. The van der Waals surface area contributed by atoms with Crippen LogP contribution in [0.3, 0.4) is 0 Å². The molecule has 1 heterocycles. The van der Waals surface area contributed by atoms with Gasteiger partial charge in [-0.1, -0.05) is 0 Å². The van der Waals surface area contributed by atoms with Crippen molar-refractivity contribution in [2.24, 2.45) is 0 Å². The summed E-state index contributed by atoms with van der Waals surface area (Å²) in [5.74, 6) is -0.479. The second-order valence-electron chi connectivity index (χ2n) is 3.25. The van der Waals surface area contributed by atoms with E-state index in [4.69, 9.17) is 4.74 Å². The van der Waals surface area contributed by atoms with Crippen LogP contribution in [0.2, 0.25) is 0 Å². The first-order chi connectivity index (χ1) is 7.06. The molecule has 3 amide bonds. The number of carbonyl (C=O) groups excluding carboxylic acids is 3. The molecule has 0 spiro atoms. The number of nitrogens with zero attached hydrogens (tertiary/aromatic N) is 2. The highest BCUT2D eigenvalue weighted by molar-refractivity contribution is 6.02. The van der Waals surface area contributed by atoms with Gasteiger partial charge in [-0.15, -0.1) is 0 Å². The maximum absolute atomic E-state index is 11.2. The molecule has 1 aliphatic heterocycles. The van der Waals surface area contributed by atoms with Crippen LogP contribution in [-0.4, -0.2) is 48.0 Å². The van der Waals surface area contributed by atoms with Crippen molar-refractivity contribution in [1.82, 2.24) is 9.80 Å². The van der Waals surface area contributed by atoms with Crippen molar-refractivity contribution in [1.29, 1.82) is 0 Å². The summed E-state index contributed by atoms with van der Waals surface area (Å²) in [4.78, 5) is 35.9. The molecule has 0 aromatic heterocycles. The van der Waals surface area contributed by atoms with Gasteiger partial charge in [-0.05, 0) is 6.92 Å². The van der Waals surface area contributed by atoms with Crippen LogP contribution < -0.4 is 0 Å². The lowest BCUT2D eigenvalue weighted by molar-refractivity contribution is -0.140. The molecule has 15 heavy (non-hydrogen) atoms. The first-order valence-electron chi connectivity index (χ1n) is 4.77. The summed E-state index contributed by atoms with van der Waals surface area (Å²) < 4.78 is 4.72. The molecule has 0 atom stereocenters. The number of hydrogen-bond acceptors (Lipinski definition) is 4. The highest BCUT2D eigenvalue weighted by Crippen LogP contribution is 2.11. The van der Waals surface area contributed by atoms with E-state index in [9.17, 15) is 14.4 Å². The van der Waals surface area contributed by atoms with E-state index in [2.05, 4.69) is 0 Å². The van der Waals surface area contributed by atoms with E-state index in [0.29, 0.717) is 0 Å². The highest BCUT2D eigenvalue weighted by Gasteiger charge is 2.30. The van der Waals surface area contributed by atoms with E-state index < -0.39 is 6.09 Å². The number of amides is 3. The summed E-state index contributed by atoms with van der Waals surface area (Å²) in [5, 5.41) is 0. The van der Waals surface area contributed by atoms with Crippen LogP contribution in [0, 0.1) is 0 Å². The van der Waals surface area contributed by atoms with Gasteiger partial charge in [-0.25, -0.2) is 4.79 Å². The summed E-state index contributed by atoms with van der Waals surface area (Å²) in [6, 6.07) is 0. The first kappa shape index (κ1) is 11.5. The molecule has 0 aliphatic carbocycles. The van der Waals surface area contributed by atoms with Gasteiger partial charge in [-0.2, -0.15) is 0 Å². The molecular weight excluding hydrogens is 200 g/mol. The van der Waals surface area contributed by atoms with E-state index in [1.54, 1.807) is 6.92 Å². The topological polar surface area (TPSA) is 66.9 Å². The third kappa shape index (κ3) is 2.68. The zero-order chi connectivity index (χ0) is 11.4. The predicted octanol–water partition coefficient (Wildman–Crippen LogP) is 0.181. The van der Waals surface area contributed by atoms with Gasteiger partial charge in [0.2, 0.25) is 11.8 Å². The van der Waals surface area contributed by atoms with Crippen LogP contribution >= 0.6 is 0 Å². The van der Waals surface area contributed by atoms with Crippen LogP contribution in [0.1, 0.15) is 19.8 Å². The van der Waals surface area contributed by atoms with Crippen molar-refractivity contribution in [2.45, 2.75) is 19.8 Å². The van der Waals surface area contributed by atoms with Crippen LogP contribution in [0.4, 0.5) is 4.79 Å². The average molecular weight is 214 g/mol. The van der Waals surface area contributed by atoms with Crippen LogP contribution in [0.15, 0.2) is 0 Å². The third-order valence-corrected chi connectivity index (χ3v) is 2.09. The fourth-order valence-electron chi connectivity index (χ4n) is 1.28. The van der Waals surface area contributed by atoms with Gasteiger partial charge in [0.15, 0.2) is 0 Å². The average Bonchev–Trinajstić information content (AvgIpc) is 2.49. The number of imide groups is 1. The molecule has 84 valence electrons. The van der Waals surface area contributed by atoms with Gasteiger partial charge >= 0.3 is 6.09 Å². The number of carbonyl (C=O) groups is 3. The Bertz CT molecular complexity index is 274. The first-order valence-corrected chi connectivity index (χ1v) is 4.77. The summed E-state index contributed by atoms with van der Waals surface area (Å²) in [5.41, 5.74) is 0. The Morgan fingerprint density at radius 1 is 1.40 bits per heavy atom. The maximum atomic E-state index is 11.2. The molecule has 1 fully saturated rings. The van der Waals surface area contributed by atoms with Crippen molar-refractivity contribution in [3.8, 4) is 0 Å². The zero-order valence-electron chi connectivity index (χ0n) is 8.86. The van der Waals surface area contributed by atoms with Crippen molar-refractivity contribution in [3.63, 3.8) is 0 Å². The van der Waals surface area contributed by atoms with Crippen molar-refractivity contribution in [3.05, 3.63) is 0 Å². The minimum atomic E-state index is -0.537. The fourth-order valence-corrected chi connectivity index (χ4v) is 1.28. The Morgan fingerprint density at radius 3 is 2.40 bits per heavy atom. The summed E-state index contributed by atoms with van der Waals surface area (Å²) in [6.45, 7) is 1.93. The van der Waals surface area contributed by atoms with Crippen LogP contribution in [-0.2, 0) is 14.3 Å². The summed E-state index contributed by atoms with van der Waals surface area (Å²) in [6.07, 6.45) is -0.0737.